The largest absolute Gasteiger partial charge is 0.497 e. The van der Waals surface area contributed by atoms with Crippen molar-refractivity contribution in [2.45, 2.75) is 18.3 Å². The lowest BCUT2D eigenvalue weighted by molar-refractivity contribution is 0.415. The van der Waals surface area contributed by atoms with Gasteiger partial charge in [-0.2, -0.15) is 5.26 Å². The number of nitrogens with zero attached hydrogens (tertiary/aromatic N) is 3. The molecule has 0 saturated heterocycles. The highest BCUT2D eigenvalue weighted by molar-refractivity contribution is 5.61. The Kier molecular flexibility index (Phi) is 2.68. The molecular weight excluding hydrogens is 238 g/mol. The van der Waals surface area contributed by atoms with Crippen LogP contribution >= 0.6 is 0 Å². The highest BCUT2D eigenvalue weighted by atomic mass is 16.5. The van der Waals surface area contributed by atoms with E-state index in [0.29, 0.717) is 5.82 Å². The number of hydrogen-bond donors (Lipinski definition) is 0. The van der Waals surface area contributed by atoms with Crippen molar-refractivity contribution < 1.29 is 4.74 Å². The minimum atomic E-state index is -0.450. The SMILES string of the molecule is COc1cccc(-c2ccnc(C3(C#N)CC3)n2)c1. The van der Waals surface area contributed by atoms with Crippen LogP contribution in [0.4, 0.5) is 0 Å². The number of ether oxygens (including phenoxy) is 1. The summed E-state index contributed by atoms with van der Waals surface area (Å²) in [5, 5.41) is 9.20. The van der Waals surface area contributed by atoms with E-state index in [4.69, 9.17) is 4.74 Å². The van der Waals surface area contributed by atoms with Crippen LogP contribution in [-0.2, 0) is 5.41 Å². The molecule has 0 unspecified atom stereocenters. The Labute approximate surface area is 111 Å². The predicted octanol–water partition coefficient (Wildman–Crippen LogP) is 2.71. The summed E-state index contributed by atoms with van der Waals surface area (Å²) < 4.78 is 5.21. The Morgan fingerprint density at radius 2 is 2.16 bits per heavy atom. The number of hydrogen-bond acceptors (Lipinski definition) is 4. The van der Waals surface area contributed by atoms with Crippen molar-refractivity contribution in [2.75, 3.05) is 7.11 Å². The average molecular weight is 251 g/mol. The molecule has 4 nitrogen and oxygen atoms in total. The van der Waals surface area contributed by atoms with Gasteiger partial charge in [0.2, 0.25) is 0 Å². The number of nitriles is 1. The molecular formula is C15H13N3O. The first-order valence-electron chi connectivity index (χ1n) is 6.17. The van der Waals surface area contributed by atoms with E-state index in [0.717, 1.165) is 29.8 Å². The van der Waals surface area contributed by atoms with Crippen molar-refractivity contribution in [3.63, 3.8) is 0 Å². The number of methoxy groups -OCH3 is 1. The minimum Gasteiger partial charge on any atom is -0.497 e. The third-order valence-corrected chi connectivity index (χ3v) is 3.41. The molecule has 1 aromatic heterocycles. The summed E-state index contributed by atoms with van der Waals surface area (Å²) in [4.78, 5) is 8.78. The van der Waals surface area contributed by atoms with E-state index in [1.807, 2.05) is 30.3 Å². The molecule has 3 rings (SSSR count). The topological polar surface area (TPSA) is 58.8 Å². The van der Waals surface area contributed by atoms with Gasteiger partial charge in [-0.1, -0.05) is 12.1 Å². The second-order valence-electron chi connectivity index (χ2n) is 4.69. The van der Waals surface area contributed by atoms with E-state index < -0.39 is 5.41 Å². The molecule has 0 bridgehead atoms. The molecule has 1 aliphatic carbocycles. The van der Waals surface area contributed by atoms with Crippen molar-refractivity contribution in [3.05, 3.63) is 42.4 Å². The molecule has 1 aromatic carbocycles. The lowest BCUT2D eigenvalue weighted by Crippen LogP contribution is -2.09. The third-order valence-electron chi connectivity index (χ3n) is 3.41. The molecule has 94 valence electrons. The Balaban J connectivity index is 2.02. The summed E-state index contributed by atoms with van der Waals surface area (Å²) in [6.45, 7) is 0. The third kappa shape index (κ3) is 2.04. The lowest BCUT2D eigenvalue weighted by Gasteiger charge is -2.07. The van der Waals surface area contributed by atoms with Gasteiger partial charge in [-0.15, -0.1) is 0 Å². The van der Waals surface area contributed by atoms with Crippen LogP contribution in [-0.4, -0.2) is 17.1 Å². The Morgan fingerprint density at radius 1 is 1.32 bits per heavy atom. The molecule has 0 N–H and O–H groups in total. The van der Waals surface area contributed by atoms with E-state index in [1.165, 1.54) is 0 Å². The van der Waals surface area contributed by atoms with Crippen molar-refractivity contribution in [3.8, 4) is 23.1 Å². The summed E-state index contributed by atoms with van der Waals surface area (Å²) in [6, 6.07) is 11.9. The van der Waals surface area contributed by atoms with Crippen LogP contribution in [0.5, 0.6) is 5.75 Å². The van der Waals surface area contributed by atoms with Gasteiger partial charge in [-0.3, -0.25) is 0 Å². The summed E-state index contributed by atoms with van der Waals surface area (Å²) in [5.74, 6) is 1.43. The van der Waals surface area contributed by atoms with Crippen molar-refractivity contribution in [2.24, 2.45) is 0 Å². The quantitative estimate of drug-likeness (QED) is 0.841. The van der Waals surface area contributed by atoms with Gasteiger partial charge in [-0.25, -0.2) is 9.97 Å². The van der Waals surface area contributed by atoms with Crippen LogP contribution in [0.25, 0.3) is 11.3 Å². The average Bonchev–Trinajstić information content (AvgIpc) is 3.29. The molecule has 0 spiro atoms. The smallest absolute Gasteiger partial charge is 0.149 e. The van der Waals surface area contributed by atoms with Crippen molar-refractivity contribution >= 4 is 0 Å². The van der Waals surface area contributed by atoms with Crippen molar-refractivity contribution in [1.82, 2.24) is 9.97 Å². The van der Waals surface area contributed by atoms with E-state index in [1.54, 1.807) is 13.3 Å². The van der Waals surface area contributed by atoms with Crippen LogP contribution in [0.2, 0.25) is 0 Å². The van der Waals surface area contributed by atoms with Crippen LogP contribution in [0.3, 0.4) is 0 Å². The molecule has 4 heteroatoms. The fourth-order valence-corrected chi connectivity index (χ4v) is 2.04. The Morgan fingerprint density at radius 3 is 2.84 bits per heavy atom. The predicted molar refractivity (Wildman–Crippen MR) is 70.5 cm³/mol. The number of benzene rings is 1. The van der Waals surface area contributed by atoms with Gasteiger partial charge in [-0.05, 0) is 31.0 Å². The van der Waals surface area contributed by atoms with Gasteiger partial charge < -0.3 is 4.74 Å². The number of aromatic nitrogens is 2. The molecule has 1 aliphatic rings. The number of rotatable bonds is 3. The monoisotopic (exact) mass is 251 g/mol. The maximum atomic E-state index is 9.20. The van der Waals surface area contributed by atoms with Gasteiger partial charge in [0, 0.05) is 11.8 Å². The summed E-state index contributed by atoms with van der Waals surface area (Å²) in [5.41, 5.74) is 1.34. The molecule has 2 aromatic rings. The lowest BCUT2D eigenvalue weighted by atomic mass is 10.1. The van der Waals surface area contributed by atoms with Gasteiger partial charge in [0.1, 0.15) is 17.0 Å². The Bertz CT molecular complexity index is 656. The van der Waals surface area contributed by atoms with Gasteiger partial charge in [0.25, 0.3) is 0 Å². The molecule has 0 atom stereocenters. The maximum absolute atomic E-state index is 9.20. The zero-order valence-electron chi connectivity index (χ0n) is 10.6. The molecule has 1 saturated carbocycles. The van der Waals surface area contributed by atoms with Crippen LogP contribution < -0.4 is 4.74 Å². The van der Waals surface area contributed by atoms with Crippen LogP contribution in [0.1, 0.15) is 18.7 Å². The molecule has 0 amide bonds. The zero-order valence-corrected chi connectivity index (χ0v) is 10.6. The maximum Gasteiger partial charge on any atom is 0.149 e. The fraction of sp³-hybridized carbons (Fsp3) is 0.267. The first kappa shape index (κ1) is 11.7. The van der Waals surface area contributed by atoms with Crippen LogP contribution in [0.15, 0.2) is 36.5 Å². The highest BCUT2D eigenvalue weighted by Crippen LogP contribution is 2.46. The zero-order chi connectivity index (χ0) is 13.3. The summed E-state index contributed by atoms with van der Waals surface area (Å²) in [7, 11) is 1.64. The summed E-state index contributed by atoms with van der Waals surface area (Å²) in [6.07, 6.45) is 3.42. The highest BCUT2D eigenvalue weighted by Gasteiger charge is 2.47. The normalized spacial score (nSPS) is 15.6. The molecule has 1 heterocycles. The Hall–Kier alpha value is -2.41. The minimum absolute atomic E-state index is 0.450. The van der Waals surface area contributed by atoms with Crippen LogP contribution in [0, 0.1) is 11.3 Å². The molecule has 0 aliphatic heterocycles. The molecule has 1 fully saturated rings. The molecule has 0 radical (unpaired) electrons. The molecule has 19 heavy (non-hydrogen) atoms. The van der Waals surface area contributed by atoms with Gasteiger partial charge >= 0.3 is 0 Å². The second kappa shape index (κ2) is 4.36. The first-order valence-corrected chi connectivity index (χ1v) is 6.17. The van der Waals surface area contributed by atoms with E-state index in [-0.39, 0.29) is 0 Å². The van der Waals surface area contributed by atoms with E-state index in [9.17, 15) is 5.26 Å². The van der Waals surface area contributed by atoms with Gasteiger partial charge in [0.15, 0.2) is 0 Å². The van der Waals surface area contributed by atoms with E-state index >= 15 is 0 Å². The summed E-state index contributed by atoms with van der Waals surface area (Å²) >= 11 is 0. The second-order valence-corrected chi connectivity index (χ2v) is 4.69. The standard InChI is InChI=1S/C15H13N3O/c1-19-12-4-2-3-11(9-12)13-5-8-17-14(18-13)15(10-16)6-7-15/h2-5,8-9H,6-7H2,1H3. The van der Waals surface area contributed by atoms with E-state index in [2.05, 4.69) is 16.0 Å². The first-order chi connectivity index (χ1) is 9.27. The van der Waals surface area contributed by atoms with Crippen molar-refractivity contribution in [1.29, 1.82) is 5.26 Å². The van der Waals surface area contributed by atoms with Gasteiger partial charge in [0.05, 0.1) is 18.9 Å². The fourth-order valence-electron chi connectivity index (χ4n) is 2.04.